The van der Waals surface area contributed by atoms with Gasteiger partial charge in [0.25, 0.3) is 0 Å². The minimum Gasteiger partial charge on any atom is -0.376 e. The highest BCUT2D eigenvalue weighted by atomic mass is 16.5. The molecule has 1 aliphatic heterocycles. The van der Waals surface area contributed by atoms with Crippen LogP contribution < -0.4 is 5.73 Å². The highest BCUT2D eigenvalue weighted by molar-refractivity contribution is 5.77. The topological polar surface area (TPSA) is 55.6 Å². The molecule has 2 N–H and O–H groups in total. The van der Waals surface area contributed by atoms with Crippen LogP contribution >= 0.6 is 0 Å². The zero-order valence-electron chi connectivity index (χ0n) is 10.8. The molecule has 2 fully saturated rings. The summed E-state index contributed by atoms with van der Waals surface area (Å²) in [5.41, 5.74) is 5.92. The van der Waals surface area contributed by atoms with Crippen LogP contribution in [-0.4, -0.2) is 42.1 Å². The minimum absolute atomic E-state index is 0.199. The van der Waals surface area contributed by atoms with E-state index in [0.717, 1.165) is 45.4 Å². The van der Waals surface area contributed by atoms with Gasteiger partial charge in [-0.25, -0.2) is 0 Å². The molecule has 1 atom stereocenters. The van der Waals surface area contributed by atoms with E-state index in [-0.39, 0.29) is 17.6 Å². The zero-order valence-corrected chi connectivity index (χ0v) is 10.8. The van der Waals surface area contributed by atoms with Crippen LogP contribution in [-0.2, 0) is 9.53 Å². The van der Waals surface area contributed by atoms with E-state index >= 15 is 0 Å². The Labute approximate surface area is 103 Å². The lowest BCUT2D eigenvalue weighted by Gasteiger charge is -2.39. The summed E-state index contributed by atoms with van der Waals surface area (Å²) in [5, 5.41) is 0. The smallest absolute Gasteiger partial charge is 0.224 e. The number of nitrogens with two attached hydrogens (primary N) is 1. The Balaban J connectivity index is 1.81. The van der Waals surface area contributed by atoms with Crippen LogP contribution in [0.3, 0.4) is 0 Å². The number of nitrogens with zero attached hydrogens (tertiary/aromatic N) is 1. The first-order chi connectivity index (χ1) is 8.13. The lowest BCUT2D eigenvalue weighted by Crippen LogP contribution is -2.51. The van der Waals surface area contributed by atoms with Gasteiger partial charge in [0.1, 0.15) is 0 Å². The highest BCUT2D eigenvalue weighted by Crippen LogP contribution is 2.32. The summed E-state index contributed by atoms with van der Waals surface area (Å²) in [6.45, 7) is 4.37. The van der Waals surface area contributed by atoms with E-state index in [4.69, 9.17) is 10.5 Å². The normalized spacial score (nSPS) is 26.6. The minimum atomic E-state index is -0.207. The predicted molar refractivity (Wildman–Crippen MR) is 66.6 cm³/mol. The third kappa shape index (κ3) is 3.19. The summed E-state index contributed by atoms with van der Waals surface area (Å²) < 4.78 is 5.58. The molecule has 1 aliphatic carbocycles. The van der Waals surface area contributed by atoms with Gasteiger partial charge in [-0.15, -0.1) is 0 Å². The third-order valence-electron chi connectivity index (χ3n) is 4.04. The largest absolute Gasteiger partial charge is 0.376 e. The predicted octanol–water partition coefficient (Wildman–Crippen LogP) is 1.29. The molecule has 17 heavy (non-hydrogen) atoms. The third-order valence-corrected chi connectivity index (χ3v) is 4.04. The van der Waals surface area contributed by atoms with Gasteiger partial charge in [0, 0.05) is 31.7 Å². The van der Waals surface area contributed by atoms with Gasteiger partial charge in [0.05, 0.1) is 6.10 Å². The van der Waals surface area contributed by atoms with Gasteiger partial charge < -0.3 is 15.4 Å². The van der Waals surface area contributed by atoms with Gasteiger partial charge in [-0.2, -0.15) is 0 Å². The van der Waals surface area contributed by atoms with Crippen molar-refractivity contribution in [3.8, 4) is 0 Å². The molecule has 1 amide bonds. The van der Waals surface area contributed by atoms with E-state index in [1.807, 2.05) is 11.8 Å². The summed E-state index contributed by atoms with van der Waals surface area (Å²) in [6.07, 6.45) is 6.12. The molecule has 4 heteroatoms. The maximum atomic E-state index is 12.2. The van der Waals surface area contributed by atoms with Crippen molar-refractivity contribution < 1.29 is 9.53 Å². The van der Waals surface area contributed by atoms with Crippen LogP contribution in [0.25, 0.3) is 0 Å². The quantitative estimate of drug-likeness (QED) is 0.787. The Morgan fingerprint density at radius 1 is 1.47 bits per heavy atom. The first kappa shape index (κ1) is 12.8. The first-order valence-electron chi connectivity index (χ1n) is 6.81. The second kappa shape index (κ2) is 5.36. The van der Waals surface area contributed by atoms with Gasteiger partial charge in [-0.05, 0) is 39.0 Å². The maximum Gasteiger partial charge on any atom is 0.224 e. The average molecular weight is 240 g/mol. The molecular formula is C13H24N2O2. The van der Waals surface area contributed by atoms with E-state index in [1.165, 1.54) is 6.42 Å². The molecule has 0 aromatic heterocycles. The van der Waals surface area contributed by atoms with Crippen LogP contribution in [0, 0.1) is 0 Å². The Morgan fingerprint density at radius 2 is 2.24 bits per heavy atom. The van der Waals surface area contributed by atoms with Crippen LogP contribution in [0.15, 0.2) is 0 Å². The fourth-order valence-corrected chi connectivity index (χ4v) is 2.66. The van der Waals surface area contributed by atoms with Gasteiger partial charge in [-0.1, -0.05) is 0 Å². The van der Waals surface area contributed by atoms with Crippen LogP contribution in [0.4, 0.5) is 0 Å². The van der Waals surface area contributed by atoms with E-state index in [2.05, 4.69) is 0 Å². The molecule has 4 nitrogen and oxygen atoms in total. The molecule has 98 valence electrons. The van der Waals surface area contributed by atoms with E-state index in [9.17, 15) is 4.79 Å². The lowest BCUT2D eigenvalue weighted by atomic mass is 9.75. The molecule has 0 spiro atoms. The van der Waals surface area contributed by atoms with Gasteiger partial charge in [0.2, 0.25) is 5.91 Å². The molecule has 1 saturated carbocycles. The van der Waals surface area contributed by atoms with E-state index in [0.29, 0.717) is 6.42 Å². The fourth-order valence-electron chi connectivity index (χ4n) is 2.66. The van der Waals surface area contributed by atoms with Gasteiger partial charge >= 0.3 is 0 Å². The number of rotatable bonds is 5. The van der Waals surface area contributed by atoms with Crippen molar-refractivity contribution in [2.24, 2.45) is 5.73 Å². The number of hydrogen-bond acceptors (Lipinski definition) is 3. The van der Waals surface area contributed by atoms with Crippen molar-refractivity contribution in [2.75, 3.05) is 19.7 Å². The fraction of sp³-hybridized carbons (Fsp3) is 0.923. The second-order valence-corrected chi connectivity index (χ2v) is 5.46. The van der Waals surface area contributed by atoms with Crippen molar-refractivity contribution in [3.63, 3.8) is 0 Å². The van der Waals surface area contributed by atoms with Crippen molar-refractivity contribution in [3.05, 3.63) is 0 Å². The highest BCUT2D eigenvalue weighted by Gasteiger charge is 2.36. The Morgan fingerprint density at radius 3 is 2.71 bits per heavy atom. The summed E-state index contributed by atoms with van der Waals surface area (Å²) in [5.74, 6) is 0.199. The standard InChI is InChI=1S/C13H24N2O2/c1-2-15(10-11-5-3-8-17-11)12(16)9-13(14)6-4-7-13/h11H,2-10,14H2,1H3. The molecule has 0 bridgehead atoms. The lowest BCUT2D eigenvalue weighted by molar-refractivity contribution is -0.134. The molecule has 1 unspecified atom stereocenters. The average Bonchev–Trinajstić information content (AvgIpc) is 2.76. The number of carbonyl (C=O) groups excluding carboxylic acids is 1. The van der Waals surface area contributed by atoms with Gasteiger partial charge in [0.15, 0.2) is 0 Å². The van der Waals surface area contributed by atoms with Crippen LogP contribution in [0.1, 0.15) is 45.4 Å². The first-order valence-corrected chi connectivity index (χ1v) is 6.81. The zero-order chi connectivity index (χ0) is 12.3. The molecule has 2 rings (SSSR count). The van der Waals surface area contributed by atoms with Crippen LogP contribution in [0.5, 0.6) is 0 Å². The van der Waals surface area contributed by atoms with Crippen molar-refractivity contribution >= 4 is 5.91 Å². The number of amides is 1. The maximum absolute atomic E-state index is 12.2. The second-order valence-electron chi connectivity index (χ2n) is 5.46. The molecule has 0 radical (unpaired) electrons. The van der Waals surface area contributed by atoms with Crippen molar-refractivity contribution in [1.82, 2.24) is 4.90 Å². The van der Waals surface area contributed by atoms with Crippen LogP contribution in [0.2, 0.25) is 0 Å². The molecule has 1 heterocycles. The Kier molecular flexibility index (Phi) is 4.05. The number of ether oxygens (including phenoxy) is 1. The SMILES string of the molecule is CCN(CC1CCCO1)C(=O)CC1(N)CCC1. The summed E-state index contributed by atoms with van der Waals surface area (Å²) >= 11 is 0. The van der Waals surface area contributed by atoms with E-state index in [1.54, 1.807) is 0 Å². The van der Waals surface area contributed by atoms with E-state index < -0.39 is 0 Å². The Hall–Kier alpha value is -0.610. The summed E-state index contributed by atoms with van der Waals surface area (Å²) in [7, 11) is 0. The molecule has 1 saturated heterocycles. The monoisotopic (exact) mass is 240 g/mol. The molecule has 0 aromatic carbocycles. The molecular weight excluding hydrogens is 216 g/mol. The van der Waals surface area contributed by atoms with Crippen molar-refractivity contribution in [1.29, 1.82) is 0 Å². The number of likely N-dealkylation sites (N-methyl/N-ethyl adjacent to an activating group) is 1. The van der Waals surface area contributed by atoms with Crippen molar-refractivity contribution in [2.45, 2.75) is 57.1 Å². The summed E-state index contributed by atoms with van der Waals surface area (Å²) in [6, 6.07) is 0. The molecule has 2 aliphatic rings. The molecule has 0 aromatic rings. The summed E-state index contributed by atoms with van der Waals surface area (Å²) in [4.78, 5) is 14.1. The van der Waals surface area contributed by atoms with Gasteiger partial charge in [-0.3, -0.25) is 4.79 Å². The number of hydrogen-bond donors (Lipinski definition) is 1. The Bertz CT molecular complexity index is 271. The number of carbonyl (C=O) groups is 1.